The first kappa shape index (κ1) is 17.4. The Morgan fingerprint density at radius 2 is 2.12 bits per heavy atom. The number of nitrogens with zero attached hydrogens (tertiary/aromatic N) is 1. The molecule has 6 heteroatoms. The third-order valence-electron chi connectivity index (χ3n) is 4.02. The predicted molar refractivity (Wildman–Crippen MR) is 101 cm³/mol. The molecule has 0 radical (unpaired) electrons. The fourth-order valence-electron chi connectivity index (χ4n) is 2.86. The van der Waals surface area contributed by atoms with Crippen LogP contribution in [0.4, 0.5) is 5.69 Å². The lowest BCUT2D eigenvalue weighted by molar-refractivity contribution is 0.0528. The second-order valence-corrected chi connectivity index (χ2v) is 5.93. The summed E-state index contributed by atoms with van der Waals surface area (Å²) >= 11 is 0. The van der Waals surface area contributed by atoms with Crippen molar-refractivity contribution in [1.29, 1.82) is 0 Å². The van der Waals surface area contributed by atoms with Crippen molar-refractivity contribution in [1.82, 2.24) is 9.55 Å². The number of nitrogens with one attached hydrogen (secondary N) is 1. The first-order valence-corrected chi connectivity index (χ1v) is 8.19. The van der Waals surface area contributed by atoms with E-state index in [0.29, 0.717) is 33.4 Å². The number of esters is 1. The van der Waals surface area contributed by atoms with Gasteiger partial charge in [0.05, 0.1) is 17.7 Å². The highest BCUT2D eigenvalue weighted by atomic mass is 16.5. The number of hydrogen-bond donors (Lipinski definition) is 2. The lowest BCUT2D eigenvalue weighted by Gasteiger charge is -2.04. The Morgan fingerprint density at radius 3 is 2.81 bits per heavy atom. The van der Waals surface area contributed by atoms with Gasteiger partial charge in [-0.15, -0.1) is 0 Å². The minimum Gasteiger partial charge on any atom is -0.462 e. The van der Waals surface area contributed by atoms with Gasteiger partial charge in [0.1, 0.15) is 5.52 Å². The Morgan fingerprint density at radius 1 is 1.35 bits per heavy atom. The minimum absolute atomic E-state index is 0.229. The molecule has 26 heavy (non-hydrogen) atoms. The maximum atomic E-state index is 12.5. The van der Waals surface area contributed by atoms with Crippen molar-refractivity contribution < 1.29 is 9.53 Å². The van der Waals surface area contributed by atoms with Crippen LogP contribution in [0.3, 0.4) is 0 Å². The smallest absolute Gasteiger partial charge is 0.340 e. The highest BCUT2D eigenvalue weighted by Crippen LogP contribution is 2.24. The molecule has 2 heterocycles. The maximum absolute atomic E-state index is 12.5. The van der Waals surface area contributed by atoms with E-state index in [1.807, 2.05) is 12.1 Å². The van der Waals surface area contributed by atoms with Crippen LogP contribution >= 0.6 is 0 Å². The molecule has 3 rings (SSSR count). The normalized spacial score (nSPS) is 10.4. The van der Waals surface area contributed by atoms with Crippen LogP contribution in [0.5, 0.6) is 0 Å². The fraction of sp³-hybridized carbons (Fsp3) is 0.200. The topological polar surface area (TPSA) is 90.1 Å². The lowest BCUT2D eigenvalue weighted by atomic mass is 10.1. The highest BCUT2D eigenvalue weighted by molar-refractivity contribution is 6.07. The number of carbonyl (C=O) groups excluding carboxylic acids is 1. The van der Waals surface area contributed by atoms with E-state index in [9.17, 15) is 9.59 Å². The van der Waals surface area contributed by atoms with Crippen molar-refractivity contribution in [2.24, 2.45) is 7.05 Å². The molecule has 1 aromatic carbocycles. The van der Waals surface area contributed by atoms with E-state index in [1.165, 1.54) is 4.57 Å². The van der Waals surface area contributed by atoms with Gasteiger partial charge in [0, 0.05) is 35.6 Å². The summed E-state index contributed by atoms with van der Waals surface area (Å²) in [7, 11) is 1.65. The van der Waals surface area contributed by atoms with E-state index in [4.69, 9.17) is 10.5 Å². The van der Waals surface area contributed by atoms with E-state index in [-0.39, 0.29) is 12.2 Å². The molecule has 0 unspecified atom stereocenters. The number of fused-ring (bicyclic) bond motifs is 1. The zero-order chi connectivity index (χ0) is 18.8. The van der Waals surface area contributed by atoms with Crippen molar-refractivity contribution in [2.75, 3.05) is 12.3 Å². The molecule has 0 aliphatic carbocycles. The van der Waals surface area contributed by atoms with Gasteiger partial charge in [0.25, 0.3) is 5.56 Å². The van der Waals surface area contributed by atoms with Gasteiger partial charge in [-0.2, -0.15) is 0 Å². The number of nitrogens with two attached hydrogens (primary N) is 1. The molecule has 0 saturated heterocycles. The van der Waals surface area contributed by atoms with Crippen LogP contribution in [0.15, 0.2) is 35.3 Å². The number of anilines is 1. The van der Waals surface area contributed by atoms with Gasteiger partial charge in [-0.3, -0.25) is 4.79 Å². The van der Waals surface area contributed by atoms with Crippen molar-refractivity contribution >= 4 is 22.6 Å². The molecule has 0 atom stereocenters. The van der Waals surface area contributed by atoms with Crippen LogP contribution in [0.2, 0.25) is 0 Å². The average Bonchev–Trinajstić information content (AvgIpc) is 2.95. The Hall–Kier alpha value is -3.46. The number of hydrogen-bond acceptors (Lipinski definition) is 4. The largest absolute Gasteiger partial charge is 0.462 e. The molecule has 0 aliphatic rings. The number of nitrogen functional groups attached to an aromatic ring is 1. The Balaban J connectivity index is 2.27. The average molecular weight is 349 g/mol. The summed E-state index contributed by atoms with van der Waals surface area (Å²) in [5, 5.41) is 0.487. The Bertz CT molecular complexity index is 1130. The number of pyridine rings is 1. The van der Waals surface area contributed by atoms with Crippen molar-refractivity contribution in [3.8, 4) is 11.8 Å². The van der Waals surface area contributed by atoms with Crippen molar-refractivity contribution in [2.45, 2.75) is 13.8 Å². The van der Waals surface area contributed by atoms with E-state index < -0.39 is 5.97 Å². The summed E-state index contributed by atoms with van der Waals surface area (Å²) in [6.07, 6.45) is 1.62. The molecule has 3 N–H and O–H groups in total. The third-order valence-corrected chi connectivity index (χ3v) is 4.02. The second kappa shape index (κ2) is 6.81. The van der Waals surface area contributed by atoms with Crippen LogP contribution in [-0.4, -0.2) is 22.1 Å². The molecule has 6 nitrogen and oxygen atoms in total. The number of carbonyl (C=O) groups is 1. The van der Waals surface area contributed by atoms with Gasteiger partial charge in [-0.05, 0) is 32.0 Å². The number of aromatic amines is 1. The van der Waals surface area contributed by atoms with Crippen LogP contribution in [0.25, 0.3) is 10.9 Å². The lowest BCUT2D eigenvalue weighted by Crippen LogP contribution is -2.17. The number of H-pyrrole nitrogens is 1. The molecule has 0 bridgehead atoms. The number of rotatable bonds is 2. The van der Waals surface area contributed by atoms with Gasteiger partial charge >= 0.3 is 5.97 Å². The van der Waals surface area contributed by atoms with E-state index in [1.54, 1.807) is 39.2 Å². The Labute approximate surface area is 150 Å². The summed E-state index contributed by atoms with van der Waals surface area (Å²) in [4.78, 5) is 27.9. The summed E-state index contributed by atoms with van der Waals surface area (Å²) in [6, 6.07) is 7.21. The summed E-state index contributed by atoms with van der Waals surface area (Å²) < 4.78 is 6.59. The zero-order valence-electron chi connectivity index (χ0n) is 14.8. The fourth-order valence-corrected chi connectivity index (χ4v) is 2.86. The monoisotopic (exact) mass is 349 g/mol. The van der Waals surface area contributed by atoms with Gasteiger partial charge in [0.15, 0.2) is 0 Å². The molecule has 0 spiro atoms. The van der Waals surface area contributed by atoms with Crippen molar-refractivity contribution in [3.63, 3.8) is 0 Å². The molecule has 2 aromatic heterocycles. The first-order valence-electron chi connectivity index (χ1n) is 8.19. The molecule has 0 amide bonds. The highest BCUT2D eigenvalue weighted by Gasteiger charge is 2.21. The van der Waals surface area contributed by atoms with E-state index >= 15 is 0 Å². The minimum atomic E-state index is -0.475. The predicted octanol–water partition coefficient (Wildman–Crippen LogP) is 2.33. The summed E-state index contributed by atoms with van der Waals surface area (Å²) in [5.41, 5.74) is 8.75. The number of aromatic nitrogens is 2. The van der Waals surface area contributed by atoms with E-state index in [0.717, 1.165) is 5.56 Å². The van der Waals surface area contributed by atoms with Gasteiger partial charge in [-0.25, -0.2) is 4.79 Å². The van der Waals surface area contributed by atoms with Crippen LogP contribution in [0.1, 0.15) is 34.1 Å². The standard InChI is InChI=1S/C20H19N3O3/c1-4-26-20(25)16-12(2)22-18-17(16)14(11-23(3)19(18)24)9-8-13-6-5-7-15(21)10-13/h5-7,10-11,22H,4,21H2,1-3H3. The number of ether oxygens (including phenoxy) is 1. The second-order valence-electron chi connectivity index (χ2n) is 5.93. The SMILES string of the molecule is CCOC(=O)c1c(C)[nH]c2c(=O)n(C)cc(C#Cc3cccc(N)c3)c12. The molecule has 132 valence electrons. The molecule has 3 aromatic rings. The quantitative estimate of drug-likeness (QED) is 0.422. The van der Waals surface area contributed by atoms with Gasteiger partial charge < -0.3 is 20.0 Å². The molecular formula is C20H19N3O3. The van der Waals surface area contributed by atoms with Crippen LogP contribution in [-0.2, 0) is 11.8 Å². The zero-order valence-corrected chi connectivity index (χ0v) is 14.8. The van der Waals surface area contributed by atoms with E-state index in [2.05, 4.69) is 16.8 Å². The Kier molecular flexibility index (Phi) is 4.55. The molecule has 0 fully saturated rings. The van der Waals surface area contributed by atoms with Gasteiger partial charge in [0.2, 0.25) is 0 Å². The maximum Gasteiger partial charge on any atom is 0.340 e. The van der Waals surface area contributed by atoms with Crippen LogP contribution < -0.4 is 11.3 Å². The number of benzene rings is 1. The first-order chi connectivity index (χ1) is 12.4. The molecule has 0 aliphatic heterocycles. The molecule has 0 saturated carbocycles. The number of aryl methyl sites for hydroxylation is 2. The third kappa shape index (κ3) is 3.07. The summed E-state index contributed by atoms with van der Waals surface area (Å²) in [6.45, 7) is 3.72. The van der Waals surface area contributed by atoms with Crippen LogP contribution in [0, 0.1) is 18.8 Å². The molecular weight excluding hydrogens is 330 g/mol. The summed E-state index contributed by atoms with van der Waals surface area (Å²) in [5.74, 6) is 5.62. The van der Waals surface area contributed by atoms with Gasteiger partial charge in [-0.1, -0.05) is 17.9 Å². The van der Waals surface area contributed by atoms with Crippen molar-refractivity contribution in [3.05, 3.63) is 63.2 Å².